The van der Waals surface area contributed by atoms with Crippen molar-refractivity contribution in [3.05, 3.63) is 47.5 Å². The number of thioether (sulfide) groups is 1. The van der Waals surface area contributed by atoms with E-state index >= 15 is 0 Å². The third-order valence-corrected chi connectivity index (χ3v) is 4.86. The quantitative estimate of drug-likeness (QED) is 0.543. The Morgan fingerprint density at radius 2 is 2.23 bits per heavy atom. The van der Waals surface area contributed by atoms with Crippen molar-refractivity contribution in [1.29, 1.82) is 0 Å². The maximum absolute atomic E-state index is 11.8. The topological polar surface area (TPSA) is 77.2 Å². The summed E-state index contributed by atoms with van der Waals surface area (Å²) in [7, 11) is 0. The van der Waals surface area contributed by atoms with Gasteiger partial charge in [-0.3, -0.25) is 9.78 Å². The molecule has 0 bridgehead atoms. The fraction of sp³-hybridized carbons (Fsp3) is 0.111. The molecule has 6 nitrogen and oxygen atoms in total. The van der Waals surface area contributed by atoms with E-state index in [0.717, 1.165) is 16.5 Å². The Morgan fingerprint density at radius 3 is 2.92 bits per heavy atom. The molecule has 1 aliphatic heterocycles. The molecule has 0 aliphatic carbocycles. The summed E-state index contributed by atoms with van der Waals surface area (Å²) in [6.45, 7) is 2.48. The number of amides is 1. The van der Waals surface area contributed by atoms with Crippen LogP contribution < -0.4 is 10.1 Å². The largest absolute Gasteiger partial charge is 0.478 e. The Labute approximate surface area is 158 Å². The zero-order valence-electron chi connectivity index (χ0n) is 13.7. The van der Waals surface area contributed by atoms with Crippen LogP contribution in [0.5, 0.6) is 5.88 Å². The molecule has 1 saturated heterocycles. The Bertz CT molecular complexity index is 1040. The Morgan fingerprint density at radius 1 is 1.35 bits per heavy atom. The lowest BCUT2D eigenvalue weighted by Crippen LogP contribution is -2.17. The van der Waals surface area contributed by atoms with Gasteiger partial charge in [-0.15, -0.1) is 0 Å². The number of nitrogens with zero attached hydrogens (tertiary/aromatic N) is 2. The van der Waals surface area contributed by atoms with Gasteiger partial charge in [0, 0.05) is 47.2 Å². The number of ether oxygens (including phenoxy) is 1. The summed E-state index contributed by atoms with van der Waals surface area (Å²) in [6.07, 6.45) is 6.85. The van der Waals surface area contributed by atoms with Crippen molar-refractivity contribution in [3.8, 4) is 17.0 Å². The van der Waals surface area contributed by atoms with Crippen LogP contribution in [0.25, 0.3) is 28.2 Å². The highest BCUT2D eigenvalue weighted by atomic mass is 32.2. The number of carbonyl (C=O) groups is 1. The summed E-state index contributed by atoms with van der Waals surface area (Å²) in [6, 6.07) is 5.56. The van der Waals surface area contributed by atoms with Gasteiger partial charge in [-0.25, -0.2) is 4.98 Å². The highest BCUT2D eigenvalue weighted by molar-refractivity contribution is 8.26. The lowest BCUT2D eigenvalue weighted by Gasteiger charge is -2.04. The first kappa shape index (κ1) is 16.7. The van der Waals surface area contributed by atoms with Gasteiger partial charge in [0.15, 0.2) is 0 Å². The zero-order valence-corrected chi connectivity index (χ0v) is 15.3. The smallest absolute Gasteiger partial charge is 0.263 e. The van der Waals surface area contributed by atoms with Crippen LogP contribution in [-0.4, -0.2) is 26.8 Å². The number of furan rings is 1. The number of nitrogens with one attached hydrogen (secondary N) is 1. The van der Waals surface area contributed by atoms with E-state index < -0.39 is 0 Å². The molecule has 130 valence electrons. The molecule has 0 unspecified atom stereocenters. The van der Waals surface area contributed by atoms with Crippen molar-refractivity contribution < 1.29 is 13.9 Å². The number of hydrogen-bond acceptors (Lipinski definition) is 7. The van der Waals surface area contributed by atoms with E-state index in [0.29, 0.717) is 33.1 Å². The zero-order chi connectivity index (χ0) is 18.1. The third-order valence-electron chi connectivity index (χ3n) is 3.70. The van der Waals surface area contributed by atoms with Gasteiger partial charge in [-0.05, 0) is 19.1 Å². The van der Waals surface area contributed by atoms with E-state index in [4.69, 9.17) is 21.4 Å². The molecule has 3 aromatic rings. The number of hydrogen-bond donors (Lipinski definition) is 1. The minimum Gasteiger partial charge on any atom is -0.478 e. The molecule has 3 aromatic heterocycles. The van der Waals surface area contributed by atoms with Gasteiger partial charge in [0.25, 0.3) is 5.91 Å². The van der Waals surface area contributed by atoms with Gasteiger partial charge in [0.2, 0.25) is 5.88 Å². The second-order valence-corrected chi connectivity index (χ2v) is 7.14. The van der Waals surface area contributed by atoms with E-state index in [1.165, 1.54) is 11.8 Å². The predicted molar refractivity (Wildman–Crippen MR) is 105 cm³/mol. The van der Waals surface area contributed by atoms with E-state index in [1.807, 2.05) is 25.1 Å². The molecule has 0 aromatic carbocycles. The van der Waals surface area contributed by atoms with Crippen molar-refractivity contribution in [2.75, 3.05) is 6.61 Å². The van der Waals surface area contributed by atoms with Gasteiger partial charge in [-0.2, -0.15) is 0 Å². The highest BCUT2D eigenvalue weighted by Crippen LogP contribution is 2.32. The fourth-order valence-electron chi connectivity index (χ4n) is 2.58. The SMILES string of the molecule is CCOc1ccc(-c2cncc3cc(/C=C4\SC(=S)NC4=O)oc23)cn1. The molecule has 26 heavy (non-hydrogen) atoms. The maximum atomic E-state index is 11.8. The first-order valence-electron chi connectivity index (χ1n) is 7.85. The molecule has 4 heterocycles. The summed E-state index contributed by atoms with van der Waals surface area (Å²) in [4.78, 5) is 20.9. The molecule has 1 amide bonds. The minimum absolute atomic E-state index is 0.213. The average molecular weight is 383 g/mol. The van der Waals surface area contributed by atoms with Crippen molar-refractivity contribution >= 4 is 51.3 Å². The van der Waals surface area contributed by atoms with E-state index in [-0.39, 0.29) is 5.91 Å². The molecule has 1 fully saturated rings. The van der Waals surface area contributed by atoms with E-state index in [9.17, 15) is 4.79 Å². The standard InChI is InChI=1S/C18H13N3O3S2/c1-2-23-15-4-3-10(8-20-15)13-9-19-7-11-5-12(24-16(11)13)6-14-17(22)21-18(25)26-14/h3-9H,2H2,1H3,(H,21,22,25)/b14-6-. The minimum atomic E-state index is -0.213. The molecular weight excluding hydrogens is 370 g/mol. The second kappa shape index (κ2) is 6.89. The molecular formula is C18H13N3O3S2. The second-order valence-electron chi connectivity index (χ2n) is 5.42. The first-order chi connectivity index (χ1) is 12.6. The van der Waals surface area contributed by atoms with Crippen LogP contribution >= 0.6 is 24.0 Å². The summed E-state index contributed by atoms with van der Waals surface area (Å²) in [5.74, 6) is 0.923. The van der Waals surface area contributed by atoms with Gasteiger partial charge in [0.05, 0.1) is 11.5 Å². The van der Waals surface area contributed by atoms with Crippen molar-refractivity contribution in [2.45, 2.75) is 6.92 Å². The summed E-state index contributed by atoms with van der Waals surface area (Å²) in [5.41, 5.74) is 2.37. The van der Waals surface area contributed by atoms with E-state index in [1.54, 1.807) is 24.7 Å². The molecule has 1 N–H and O–H groups in total. The lowest BCUT2D eigenvalue weighted by atomic mass is 10.1. The monoisotopic (exact) mass is 383 g/mol. The molecule has 0 radical (unpaired) electrons. The normalized spacial score (nSPS) is 15.7. The number of thiocarbonyl (C=S) groups is 1. The van der Waals surface area contributed by atoms with Crippen LogP contribution in [0.2, 0.25) is 0 Å². The Kier molecular flexibility index (Phi) is 4.44. The van der Waals surface area contributed by atoms with Crippen LogP contribution in [0.4, 0.5) is 0 Å². The fourth-order valence-corrected chi connectivity index (χ4v) is 3.61. The van der Waals surface area contributed by atoms with Crippen molar-refractivity contribution in [1.82, 2.24) is 15.3 Å². The molecule has 1 aliphatic rings. The van der Waals surface area contributed by atoms with Crippen LogP contribution in [0.1, 0.15) is 12.7 Å². The first-order valence-corrected chi connectivity index (χ1v) is 9.08. The molecule has 0 atom stereocenters. The number of aromatic nitrogens is 2. The number of pyridine rings is 2. The third kappa shape index (κ3) is 3.21. The molecule has 4 rings (SSSR count). The predicted octanol–water partition coefficient (Wildman–Crippen LogP) is 3.78. The molecule has 0 spiro atoms. The summed E-state index contributed by atoms with van der Waals surface area (Å²) in [5, 5.41) is 3.43. The Hall–Kier alpha value is -2.71. The van der Waals surface area contributed by atoms with Crippen molar-refractivity contribution in [2.24, 2.45) is 0 Å². The number of rotatable bonds is 4. The van der Waals surface area contributed by atoms with Crippen LogP contribution in [0, 0.1) is 0 Å². The highest BCUT2D eigenvalue weighted by Gasteiger charge is 2.22. The molecule has 8 heteroatoms. The van der Waals surface area contributed by atoms with Gasteiger partial charge < -0.3 is 14.5 Å². The van der Waals surface area contributed by atoms with Crippen LogP contribution in [-0.2, 0) is 4.79 Å². The summed E-state index contributed by atoms with van der Waals surface area (Å²) < 4.78 is 11.8. The van der Waals surface area contributed by atoms with Crippen LogP contribution in [0.3, 0.4) is 0 Å². The average Bonchev–Trinajstić information content (AvgIpc) is 3.18. The Balaban J connectivity index is 1.73. The molecule has 0 saturated carbocycles. The maximum Gasteiger partial charge on any atom is 0.263 e. The van der Waals surface area contributed by atoms with Gasteiger partial charge >= 0.3 is 0 Å². The number of carbonyl (C=O) groups excluding carboxylic acids is 1. The number of fused-ring (bicyclic) bond motifs is 1. The summed E-state index contributed by atoms with van der Waals surface area (Å²) >= 11 is 6.22. The van der Waals surface area contributed by atoms with Gasteiger partial charge in [0.1, 0.15) is 15.7 Å². The van der Waals surface area contributed by atoms with Crippen molar-refractivity contribution in [3.63, 3.8) is 0 Å². The van der Waals surface area contributed by atoms with Crippen LogP contribution in [0.15, 0.2) is 46.1 Å². The van der Waals surface area contributed by atoms with Gasteiger partial charge in [-0.1, -0.05) is 24.0 Å². The lowest BCUT2D eigenvalue weighted by molar-refractivity contribution is -0.115. The van der Waals surface area contributed by atoms with E-state index in [2.05, 4.69) is 15.3 Å².